The lowest BCUT2D eigenvalue weighted by Gasteiger charge is -2.33. The van der Waals surface area contributed by atoms with Crippen molar-refractivity contribution in [3.05, 3.63) is 60.2 Å². The summed E-state index contributed by atoms with van der Waals surface area (Å²) in [5, 5.41) is 3.19. The van der Waals surface area contributed by atoms with Crippen LogP contribution in [0.2, 0.25) is 0 Å². The lowest BCUT2D eigenvalue weighted by molar-refractivity contribution is -0.141. The first-order valence-electron chi connectivity index (χ1n) is 13.5. The Morgan fingerprint density at radius 1 is 1.03 bits per heavy atom. The molecule has 1 N–H and O–H groups in total. The first-order valence-corrected chi connectivity index (χ1v) is 15.3. The van der Waals surface area contributed by atoms with Gasteiger partial charge < -0.3 is 15.0 Å². The molecule has 0 aromatic heterocycles. The van der Waals surface area contributed by atoms with Crippen LogP contribution >= 0.6 is 0 Å². The van der Waals surface area contributed by atoms with Gasteiger partial charge in [-0.25, -0.2) is 8.42 Å². The standard InChI is InChI=1S/C29H41N3O5S/c1-4-27(29(34)30-24-14-9-6-10-15-24)31(22-23-12-7-5-8-13-23)28(33)16-11-21-32(38(3,35)36)25-17-19-26(37-2)20-18-25/h5,7-8,12-13,17-20,24,27H,4,6,9-11,14-16,21-22H2,1-3H3,(H,30,34). The fourth-order valence-electron chi connectivity index (χ4n) is 5.00. The molecule has 3 rings (SSSR count). The number of hydrogen-bond acceptors (Lipinski definition) is 5. The van der Waals surface area contributed by atoms with Gasteiger partial charge in [0.2, 0.25) is 21.8 Å². The van der Waals surface area contributed by atoms with Crippen molar-refractivity contribution < 1.29 is 22.7 Å². The fraction of sp³-hybridized carbons (Fsp3) is 0.517. The van der Waals surface area contributed by atoms with Crippen LogP contribution in [0.4, 0.5) is 5.69 Å². The van der Waals surface area contributed by atoms with Crippen molar-refractivity contribution in [3.63, 3.8) is 0 Å². The molecule has 2 amide bonds. The van der Waals surface area contributed by atoms with Gasteiger partial charge >= 0.3 is 0 Å². The molecule has 208 valence electrons. The highest BCUT2D eigenvalue weighted by Gasteiger charge is 2.30. The number of carbonyl (C=O) groups is 2. The van der Waals surface area contributed by atoms with Crippen LogP contribution in [0.25, 0.3) is 0 Å². The Bertz CT molecular complexity index is 1130. The molecule has 1 saturated carbocycles. The van der Waals surface area contributed by atoms with Crippen LogP contribution in [0.5, 0.6) is 5.75 Å². The van der Waals surface area contributed by atoms with Gasteiger partial charge in [0, 0.05) is 25.6 Å². The summed E-state index contributed by atoms with van der Waals surface area (Å²) in [4.78, 5) is 28.5. The predicted molar refractivity (Wildman–Crippen MR) is 151 cm³/mol. The van der Waals surface area contributed by atoms with E-state index in [2.05, 4.69) is 5.32 Å². The molecule has 2 aromatic rings. The number of ether oxygens (including phenoxy) is 1. The molecule has 1 aliphatic carbocycles. The summed E-state index contributed by atoms with van der Waals surface area (Å²) in [5.74, 6) is 0.355. The van der Waals surface area contributed by atoms with Crippen LogP contribution in [-0.2, 0) is 26.2 Å². The van der Waals surface area contributed by atoms with Crippen LogP contribution in [0, 0.1) is 0 Å². The number of carbonyl (C=O) groups excluding carboxylic acids is 2. The number of amides is 2. The summed E-state index contributed by atoms with van der Waals surface area (Å²) in [6.45, 7) is 2.40. The molecular weight excluding hydrogens is 502 g/mol. The topological polar surface area (TPSA) is 96.0 Å². The Labute approximate surface area is 227 Å². The Hall–Kier alpha value is -3.07. The van der Waals surface area contributed by atoms with Gasteiger partial charge in [-0.3, -0.25) is 13.9 Å². The van der Waals surface area contributed by atoms with Crippen LogP contribution in [0.1, 0.15) is 63.9 Å². The SMILES string of the molecule is CCC(C(=O)NC1CCCCC1)N(Cc1ccccc1)C(=O)CCCN(c1ccc(OC)cc1)S(C)(=O)=O. The third-order valence-electron chi connectivity index (χ3n) is 7.05. The molecule has 0 heterocycles. The molecule has 9 heteroatoms. The van der Waals surface area contributed by atoms with Gasteiger partial charge in [-0.2, -0.15) is 0 Å². The van der Waals surface area contributed by atoms with Crippen molar-refractivity contribution in [3.8, 4) is 5.75 Å². The summed E-state index contributed by atoms with van der Waals surface area (Å²) in [7, 11) is -2.00. The second-order valence-corrected chi connectivity index (χ2v) is 11.8. The van der Waals surface area contributed by atoms with Gasteiger partial charge in [-0.05, 0) is 55.5 Å². The zero-order valence-electron chi connectivity index (χ0n) is 22.8. The van der Waals surface area contributed by atoms with Crippen molar-refractivity contribution in [2.24, 2.45) is 0 Å². The zero-order valence-corrected chi connectivity index (χ0v) is 23.6. The minimum atomic E-state index is -3.55. The molecule has 1 aliphatic rings. The summed E-state index contributed by atoms with van der Waals surface area (Å²) in [5.41, 5.74) is 1.46. The molecule has 0 bridgehead atoms. The van der Waals surface area contributed by atoms with Gasteiger partial charge in [-0.15, -0.1) is 0 Å². The van der Waals surface area contributed by atoms with Crippen molar-refractivity contribution in [1.29, 1.82) is 0 Å². The summed E-state index contributed by atoms with van der Waals surface area (Å²) in [6.07, 6.45) is 7.47. The highest BCUT2D eigenvalue weighted by molar-refractivity contribution is 7.92. The molecule has 1 unspecified atom stereocenters. The number of sulfonamides is 1. The molecule has 0 radical (unpaired) electrons. The summed E-state index contributed by atoms with van der Waals surface area (Å²) >= 11 is 0. The molecule has 0 spiro atoms. The first kappa shape index (κ1) is 29.5. The molecule has 0 aliphatic heterocycles. The van der Waals surface area contributed by atoms with Crippen LogP contribution in [-0.4, -0.2) is 57.1 Å². The van der Waals surface area contributed by atoms with Gasteiger partial charge in [0.05, 0.1) is 19.1 Å². The molecule has 1 atom stereocenters. The maximum absolute atomic E-state index is 13.6. The Morgan fingerprint density at radius 3 is 2.26 bits per heavy atom. The monoisotopic (exact) mass is 543 g/mol. The molecule has 1 fully saturated rings. The lowest BCUT2D eigenvalue weighted by atomic mass is 9.95. The number of nitrogens with zero attached hydrogens (tertiary/aromatic N) is 2. The number of anilines is 1. The molecule has 8 nitrogen and oxygen atoms in total. The average molecular weight is 544 g/mol. The van der Waals surface area contributed by atoms with E-state index in [9.17, 15) is 18.0 Å². The van der Waals surface area contributed by atoms with Crippen LogP contribution in [0.3, 0.4) is 0 Å². The van der Waals surface area contributed by atoms with Gasteiger partial charge in [0.25, 0.3) is 0 Å². The Kier molecular flexibility index (Phi) is 11.0. The fourth-order valence-corrected chi connectivity index (χ4v) is 5.96. The van der Waals surface area contributed by atoms with E-state index in [4.69, 9.17) is 4.74 Å². The number of nitrogens with one attached hydrogen (secondary N) is 1. The third-order valence-corrected chi connectivity index (χ3v) is 8.24. The second-order valence-electron chi connectivity index (χ2n) is 9.91. The van der Waals surface area contributed by atoms with Gasteiger partial charge in [0.15, 0.2) is 0 Å². The minimum absolute atomic E-state index is 0.111. The van der Waals surface area contributed by atoms with Crippen molar-refractivity contribution in [2.45, 2.75) is 76.9 Å². The summed E-state index contributed by atoms with van der Waals surface area (Å²) < 4.78 is 31.5. The average Bonchev–Trinajstić information content (AvgIpc) is 2.91. The minimum Gasteiger partial charge on any atom is -0.497 e. The van der Waals surface area contributed by atoms with E-state index in [0.29, 0.717) is 30.8 Å². The number of rotatable bonds is 13. The van der Waals surface area contributed by atoms with Gasteiger partial charge in [-0.1, -0.05) is 56.5 Å². The van der Waals surface area contributed by atoms with Crippen LogP contribution < -0.4 is 14.4 Å². The highest BCUT2D eigenvalue weighted by Crippen LogP contribution is 2.23. The van der Waals surface area contributed by atoms with E-state index in [1.807, 2.05) is 37.3 Å². The zero-order chi connectivity index (χ0) is 27.5. The highest BCUT2D eigenvalue weighted by atomic mass is 32.2. The van der Waals surface area contributed by atoms with E-state index >= 15 is 0 Å². The van der Waals surface area contributed by atoms with E-state index in [1.54, 1.807) is 36.3 Å². The van der Waals surface area contributed by atoms with E-state index in [0.717, 1.165) is 37.5 Å². The lowest BCUT2D eigenvalue weighted by Crippen LogP contribution is -2.51. The number of benzene rings is 2. The van der Waals surface area contributed by atoms with E-state index in [1.165, 1.54) is 10.7 Å². The van der Waals surface area contributed by atoms with Crippen molar-refractivity contribution in [2.75, 3.05) is 24.2 Å². The van der Waals surface area contributed by atoms with E-state index in [-0.39, 0.29) is 30.8 Å². The summed E-state index contributed by atoms with van der Waals surface area (Å²) in [6, 6.07) is 16.0. The predicted octanol–water partition coefficient (Wildman–Crippen LogP) is 4.50. The normalized spacial score (nSPS) is 14.9. The number of methoxy groups -OCH3 is 1. The van der Waals surface area contributed by atoms with Gasteiger partial charge in [0.1, 0.15) is 11.8 Å². The number of hydrogen-bond donors (Lipinski definition) is 1. The Morgan fingerprint density at radius 2 is 1.68 bits per heavy atom. The quantitative estimate of drug-likeness (QED) is 0.401. The largest absolute Gasteiger partial charge is 0.497 e. The first-order chi connectivity index (χ1) is 18.2. The molecule has 0 saturated heterocycles. The Balaban J connectivity index is 1.72. The molecule has 2 aromatic carbocycles. The molecular formula is C29H41N3O5S. The second kappa shape index (κ2) is 14.2. The van der Waals surface area contributed by atoms with Crippen LogP contribution in [0.15, 0.2) is 54.6 Å². The van der Waals surface area contributed by atoms with Crippen molar-refractivity contribution >= 4 is 27.5 Å². The maximum Gasteiger partial charge on any atom is 0.243 e. The van der Waals surface area contributed by atoms with E-state index < -0.39 is 16.1 Å². The molecule has 38 heavy (non-hydrogen) atoms. The third kappa shape index (κ3) is 8.48. The maximum atomic E-state index is 13.6. The smallest absolute Gasteiger partial charge is 0.243 e. The van der Waals surface area contributed by atoms with Crippen molar-refractivity contribution in [1.82, 2.24) is 10.2 Å².